The van der Waals surface area contributed by atoms with Crippen LogP contribution in [-0.2, 0) is 15.7 Å². The molecule has 2 N–H and O–H groups in total. The Bertz CT molecular complexity index is 632. The van der Waals surface area contributed by atoms with E-state index in [-0.39, 0.29) is 24.0 Å². The minimum absolute atomic E-state index is 0.0427. The molecule has 156 valence electrons. The number of likely N-dealkylation sites (tertiary alicyclic amines) is 1. The van der Waals surface area contributed by atoms with Gasteiger partial charge in [-0.05, 0) is 23.7 Å². The maximum absolute atomic E-state index is 12.1. The molecule has 1 aromatic carbocycles. The van der Waals surface area contributed by atoms with Gasteiger partial charge in [0.25, 0.3) is 0 Å². The maximum Gasteiger partial charge on any atom is 0.408 e. The van der Waals surface area contributed by atoms with Crippen LogP contribution in [0.5, 0.6) is 0 Å². The Morgan fingerprint density at radius 1 is 1.21 bits per heavy atom. The molecule has 0 saturated carbocycles. The van der Waals surface area contributed by atoms with Gasteiger partial charge in [-0.1, -0.05) is 51.1 Å². The van der Waals surface area contributed by atoms with Gasteiger partial charge in [0.15, 0.2) is 8.32 Å². The highest BCUT2D eigenvalue weighted by Crippen LogP contribution is 2.36. The molecule has 6 nitrogen and oxygen atoms in total. The lowest BCUT2D eigenvalue weighted by Gasteiger charge is -2.34. The lowest BCUT2D eigenvalue weighted by Crippen LogP contribution is -2.52. The minimum atomic E-state index is -1.78. The van der Waals surface area contributed by atoms with Gasteiger partial charge in [0, 0.05) is 18.5 Å². The van der Waals surface area contributed by atoms with Crippen molar-refractivity contribution in [3.8, 4) is 0 Å². The number of hydrogen-bond donors (Lipinski definition) is 2. The zero-order valence-electron chi connectivity index (χ0n) is 17.3. The van der Waals surface area contributed by atoms with Crippen LogP contribution in [0.4, 0.5) is 4.79 Å². The van der Waals surface area contributed by atoms with Gasteiger partial charge in [-0.15, -0.1) is 0 Å². The number of nitrogens with one attached hydrogen (secondary N) is 1. The third-order valence-electron chi connectivity index (χ3n) is 6.78. The fraction of sp³-hybridized carbons (Fsp3) is 0.667. The molecular weight excluding hydrogens is 372 g/mol. The van der Waals surface area contributed by atoms with Crippen LogP contribution in [-0.4, -0.2) is 62.4 Å². The summed E-state index contributed by atoms with van der Waals surface area (Å²) in [5.74, 6) is 0.175. The van der Waals surface area contributed by atoms with Crippen molar-refractivity contribution >= 4 is 14.4 Å². The number of nitrogens with zero attached hydrogens (tertiary/aromatic N) is 1. The van der Waals surface area contributed by atoms with Gasteiger partial charge < -0.3 is 19.6 Å². The summed E-state index contributed by atoms with van der Waals surface area (Å²) < 4.78 is 12.2. The van der Waals surface area contributed by atoms with Gasteiger partial charge >= 0.3 is 6.09 Å². The largest absolute Gasteiger partial charge is 0.465 e. The van der Waals surface area contributed by atoms with Crippen molar-refractivity contribution < 1.29 is 19.1 Å². The summed E-state index contributed by atoms with van der Waals surface area (Å²) in [7, 11) is -1.78. The first-order valence-corrected chi connectivity index (χ1v) is 13.1. The molecule has 0 radical (unpaired) electrons. The van der Waals surface area contributed by atoms with Crippen LogP contribution in [0, 0.1) is 5.92 Å². The van der Waals surface area contributed by atoms with E-state index in [1.54, 1.807) is 4.90 Å². The summed E-state index contributed by atoms with van der Waals surface area (Å²) in [4.78, 5) is 13.7. The Labute approximate surface area is 169 Å². The number of rotatable bonds is 9. The monoisotopic (exact) mass is 406 g/mol. The molecule has 3 rings (SSSR count). The Morgan fingerprint density at radius 2 is 1.89 bits per heavy atom. The fourth-order valence-corrected chi connectivity index (χ4v) is 7.44. The summed E-state index contributed by atoms with van der Waals surface area (Å²) in [5, 5.41) is 13.6. The van der Waals surface area contributed by atoms with Crippen molar-refractivity contribution in [2.24, 2.45) is 5.92 Å². The van der Waals surface area contributed by atoms with Gasteiger partial charge in [0.1, 0.15) is 0 Å². The molecule has 0 bridgehead atoms. The van der Waals surface area contributed by atoms with Gasteiger partial charge in [0.2, 0.25) is 0 Å². The number of carboxylic acid groups (broad SMARTS) is 1. The second-order valence-electron chi connectivity index (χ2n) is 7.97. The van der Waals surface area contributed by atoms with E-state index in [2.05, 4.69) is 38.2 Å². The summed E-state index contributed by atoms with van der Waals surface area (Å²) >= 11 is 0. The Hall–Kier alpha value is -1.41. The number of hydrogen-bond acceptors (Lipinski definition) is 4. The van der Waals surface area contributed by atoms with Crippen molar-refractivity contribution in [3.63, 3.8) is 0 Å². The Kier molecular flexibility index (Phi) is 7.14. The van der Waals surface area contributed by atoms with Crippen LogP contribution >= 0.6 is 0 Å². The van der Waals surface area contributed by atoms with E-state index < -0.39 is 14.4 Å². The fourth-order valence-electron chi connectivity index (χ4n) is 4.80. The molecule has 0 unspecified atom stereocenters. The van der Waals surface area contributed by atoms with Crippen LogP contribution in [0.2, 0.25) is 18.1 Å². The summed E-state index contributed by atoms with van der Waals surface area (Å²) in [6.45, 7) is 8.90. The number of amides is 1. The number of carbonyl (C=O) groups is 1. The number of ether oxygens (including phenoxy) is 1. The molecule has 1 aromatic rings. The maximum atomic E-state index is 12.1. The third kappa shape index (κ3) is 4.27. The van der Waals surface area contributed by atoms with Crippen molar-refractivity contribution in [1.29, 1.82) is 0 Å². The van der Waals surface area contributed by atoms with Crippen molar-refractivity contribution in [1.82, 2.24) is 10.2 Å². The Morgan fingerprint density at radius 3 is 2.50 bits per heavy atom. The van der Waals surface area contributed by atoms with Gasteiger partial charge in [-0.25, -0.2) is 4.79 Å². The highest BCUT2D eigenvalue weighted by atomic mass is 28.4. The van der Waals surface area contributed by atoms with E-state index >= 15 is 0 Å². The van der Waals surface area contributed by atoms with Crippen LogP contribution in [0.15, 0.2) is 30.3 Å². The van der Waals surface area contributed by atoms with Crippen LogP contribution in [0.25, 0.3) is 0 Å². The zero-order valence-corrected chi connectivity index (χ0v) is 18.3. The molecule has 0 aliphatic carbocycles. The smallest absolute Gasteiger partial charge is 0.408 e. The first-order chi connectivity index (χ1) is 13.5. The van der Waals surface area contributed by atoms with Crippen molar-refractivity contribution in [3.05, 3.63) is 35.9 Å². The molecule has 0 spiro atoms. The molecular formula is C21H34N2O4Si. The molecule has 1 amide bonds. The third-order valence-corrected chi connectivity index (χ3v) is 11.4. The first kappa shape index (κ1) is 21.3. The molecule has 0 aromatic heterocycles. The van der Waals surface area contributed by atoms with E-state index in [0.717, 1.165) is 24.7 Å². The van der Waals surface area contributed by atoms with Crippen molar-refractivity contribution in [2.45, 2.75) is 63.6 Å². The van der Waals surface area contributed by atoms with E-state index in [1.807, 2.05) is 18.2 Å². The van der Waals surface area contributed by atoms with Crippen molar-refractivity contribution in [2.75, 3.05) is 19.8 Å². The quantitative estimate of drug-likeness (QED) is 0.614. The van der Waals surface area contributed by atoms with Crippen LogP contribution < -0.4 is 5.32 Å². The highest BCUT2D eigenvalue weighted by Gasteiger charge is 2.54. The molecule has 28 heavy (non-hydrogen) atoms. The Balaban J connectivity index is 1.78. The summed E-state index contributed by atoms with van der Waals surface area (Å²) in [6.07, 6.45) is -0.866. The molecule has 2 fully saturated rings. The first-order valence-electron chi connectivity index (χ1n) is 10.6. The van der Waals surface area contributed by atoms with E-state index in [9.17, 15) is 9.90 Å². The van der Waals surface area contributed by atoms with E-state index in [1.165, 1.54) is 5.56 Å². The average molecular weight is 407 g/mol. The SMILES string of the molecule is CC[Si](CC)(CC)OC[C@H]1[C@@H](NCc2ccccc2)[C@H]2COC[C@H]2N1C(=O)O. The van der Waals surface area contributed by atoms with Gasteiger partial charge in [0.05, 0.1) is 31.9 Å². The normalized spacial score (nSPS) is 27.2. The summed E-state index contributed by atoms with van der Waals surface area (Å²) in [6, 6.07) is 13.2. The molecule has 2 saturated heterocycles. The molecule has 2 aliphatic rings. The average Bonchev–Trinajstić information content (AvgIpc) is 3.29. The topological polar surface area (TPSA) is 71.0 Å². The molecule has 7 heteroatoms. The summed E-state index contributed by atoms with van der Waals surface area (Å²) in [5.41, 5.74) is 1.20. The molecule has 2 aliphatic heterocycles. The number of benzene rings is 1. The minimum Gasteiger partial charge on any atom is -0.465 e. The molecule has 4 atom stereocenters. The van der Waals surface area contributed by atoms with Crippen LogP contribution in [0.1, 0.15) is 26.3 Å². The van der Waals surface area contributed by atoms with Gasteiger partial charge in [-0.2, -0.15) is 0 Å². The lowest BCUT2D eigenvalue weighted by atomic mass is 9.96. The highest BCUT2D eigenvalue weighted by molar-refractivity contribution is 6.73. The second kappa shape index (κ2) is 9.39. The predicted molar refractivity (Wildman–Crippen MR) is 112 cm³/mol. The van der Waals surface area contributed by atoms with E-state index in [4.69, 9.17) is 9.16 Å². The molecule has 2 heterocycles. The second-order valence-corrected chi connectivity index (χ2v) is 12.7. The number of fused-ring (bicyclic) bond motifs is 1. The van der Waals surface area contributed by atoms with E-state index in [0.29, 0.717) is 19.8 Å². The van der Waals surface area contributed by atoms with Gasteiger partial charge in [-0.3, -0.25) is 4.90 Å². The predicted octanol–water partition coefficient (Wildman–Crippen LogP) is 3.54. The standard InChI is InChI=1S/C21H34N2O4Si/c1-4-28(5-2,6-3)27-15-19-20(22-12-16-10-8-7-9-11-16)17-13-26-14-18(17)23(19)21(24)25/h7-11,17-20,22H,4-6,12-15H2,1-3H3,(H,24,25)/t17-,18+,19-,20-/m0/s1. The lowest BCUT2D eigenvalue weighted by molar-refractivity contribution is 0.0753. The zero-order chi connectivity index (χ0) is 20.1. The van der Waals surface area contributed by atoms with Crippen LogP contribution in [0.3, 0.4) is 0 Å².